The number of fused-ring (bicyclic) bond motifs is 1. The molecule has 3 heterocycles. The molecule has 5 rings (SSSR count). The number of carbonyl (C=O) groups excluding carboxylic acids is 1. The summed E-state index contributed by atoms with van der Waals surface area (Å²) in [7, 11) is 0. The van der Waals surface area contributed by atoms with E-state index in [0.717, 1.165) is 28.7 Å². The highest BCUT2D eigenvalue weighted by Crippen LogP contribution is 2.30. The van der Waals surface area contributed by atoms with Crippen molar-refractivity contribution in [2.75, 3.05) is 0 Å². The number of halogens is 3. The number of nitrogens with zero attached hydrogens (tertiary/aromatic N) is 5. The summed E-state index contributed by atoms with van der Waals surface area (Å²) in [5.74, 6) is 0.317. The van der Waals surface area contributed by atoms with Gasteiger partial charge < -0.3 is 5.32 Å². The highest BCUT2D eigenvalue weighted by molar-refractivity contribution is 5.95. The van der Waals surface area contributed by atoms with Crippen molar-refractivity contribution in [3.63, 3.8) is 0 Å². The van der Waals surface area contributed by atoms with Gasteiger partial charge in [0.1, 0.15) is 12.1 Å². The molecule has 3 aromatic heterocycles. The number of carbonyl (C=O) groups is 1. The van der Waals surface area contributed by atoms with Crippen molar-refractivity contribution >= 4 is 16.9 Å². The summed E-state index contributed by atoms with van der Waals surface area (Å²) >= 11 is 0. The molecule has 0 bridgehead atoms. The summed E-state index contributed by atoms with van der Waals surface area (Å²) in [6.45, 7) is 1.86. The average molecular weight is 476 g/mol. The number of nitrogens with one attached hydrogen (secondary N) is 1. The van der Waals surface area contributed by atoms with E-state index in [-0.39, 0.29) is 23.7 Å². The predicted molar refractivity (Wildman–Crippen MR) is 123 cm³/mol. The maximum absolute atomic E-state index is 13.0. The summed E-state index contributed by atoms with van der Waals surface area (Å²) in [6, 6.07) is 16.2. The summed E-state index contributed by atoms with van der Waals surface area (Å²) in [5, 5.41) is 6.93. The molecule has 0 unspecified atom stereocenters. The number of rotatable bonds is 5. The van der Waals surface area contributed by atoms with Crippen LogP contribution in [-0.4, -0.2) is 30.2 Å². The first kappa shape index (κ1) is 22.3. The van der Waals surface area contributed by atoms with Gasteiger partial charge in [0.25, 0.3) is 5.91 Å². The highest BCUT2D eigenvalue weighted by Gasteiger charge is 2.30. The van der Waals surface area contributed by atoms with Crippen LogP contribution in [0, 0.1) is 6.92 Å². The third-order valence-electron chi connectivity index (χ3n) is 5.64. The highest BCUT2D eigenvalue weighted by atomic mass is 19.4. The van der Waals surface area contributed by atoms with Crippen molar-refractivity contribution in [2.24, 2.45) is 0 Å². The van der Waals surface area contributed by atoms with Gasteiger partial charge in [-0.2, -0.15) is 18.3 Å². The van der Waals surface area contributed by atoms with Crippen LogP contribution in [0.5, 0.6) is 0 Å². The van der Waals surface area contributed by atoms with Gasteiger partial charge in [-0.25, -0.2) is 14.6 Å². The van der Waals surface area contributed by atoms with E-state index < -0.39 is 11.7 Å². The molecule has 0 spiro atoms. The number of imidazole rings is 1. The topological polar surface area (TPSA) is 77.6 Å². The van der Waals surface area contributed by atoms with Crippen LogP contribution in [0.4, 0.5) is 13.2 Å². The standard InChI is InChI=1S/C25H19F3N6O/c1-16-20(14-32-34(16)19-6-4-5-18(11-19)25(26,27)28)24(35)30-13-17-9-10-23(29-12-17)33-15-31-21-7-2-3-8-22(21)33/h2-12,14-15H,13H2,1H3,(H,30,35). The Kier molecular flexibility index (Phi) is 5.56. The van der Waals surface area contributed by atoms with Gasteiger partial charge in [-0.3, -0.25) is 9.36 Å². The fourth-order valence-electron chi connectivity index (χ4n) is 3.79. The van der Waals surface area contributed by atoms with Crippen LogP contribution in [-0.2, 0) is 12.7 Å². The van der Waals surface area contributed by atoms with Crippen LogP contribution in [0.25, 0.3) is 22.5 Å². The zero-order valence-corrected chi connectivity index (χ0v) is 18.5. The van der Waals surface area contributed by atoms with E-state index >= 15 is 0 Å². The number of hydrogen-bond donors (Lipinski definition) is 1. The lowest BCUT2D eigenvalue weighted by Gasteiger charge is -2.10. The molecule has 0 aliphatic carbocycles. The molecule has 0 aliphatic rings. The van der Waals surface area contributed by atoms with E-state index in [2.05, 4.69) is 20.4 Å². The lowest BCUT2D eigenvalue weighted by Crippen LogP contribution is -2.23. The van der Waals surface area contributed by atoms with Crippen LogP contribution in [0.15, 0.2) is 79.4 Å². The maximum atomic E-state index is 13.0. The van der Waals surface area contributed by atoms with Gasteiger partial charge in [0.15, 0.2) is 0 Å². The van der Waals surface area contributed by atoms with Crippen LogP contribution >= 0.6 is 0 Å². The quantitative estimate of drug-likeness (QED) is 0.393. The lowest BCUT2D eigenvalue weighted by atomic mass is 10.2. The van der Waals surface area contributed by atoms with Gasteiger partial charge in [0, 0.05) is 12.7 Å². The Morgan fingerprint density at radius 1 is 1.00 bits per heavy atom. The van der Waals surface area contributed by atoms with E-state index in [1.807, 2.05) is 41.0 Å². The van der Waals surface area contributed by atoms with E-state index in [1.54, 1.807) is 19.4 Å². The first-order valence-corrected chi connectivity index (χ1v) is 10.7. The smallest absolute Gasteiger partial charge is 0.348 e. The fourth-order valence-corrected chi connectivity index (χ4v) is 3.79. The second-order valence-electron chi connectivity index (χ2n) is 7.91. The minimum atomic E-state index is -4.47. The number of benzene rings is 2. The number of hydrogen-bond acceptors (Lipinski definition) is 4. The van der Waals surface area contributed by atoms with Crippen LogP contribution in [0.2, 0.25) is 0 Å². The van der Waals surface area contributed by atoms with Crippen LogP contribution < -0.4 is 5.32 Å². The molecule has 1 amide bonds. The maximum Gasteiger partial charge on any atom is 0.416 e. The average Bonchev–Trinajstić information content (AvgIpc) is 3.46. The van der Waals surface area contributed by atoms with Crippen molar-refractivity contribution in [1.82, 2.24) is 29.6 Å². The third-order valence-corrected chi connectivity index (χ3v) is 5.64. The van der Waals surface area contributed by atoms with E-state index in [9.17, 15) is 18.0 Å². The Labute approximate surface area is 197 Å². The Bertz CT molecular complexity index is 1520. The summed E-state index contributed by atoms with van der Waals surface area (Å²) in [6.07, 6.45) is 0.255. The summed E-state index contributed by atoms with van der Waals surface area (Å²) in [5.41, 5.74) is 2.74. The minimum absolute atomic E-state index is 0.225. The third kappa shape index (κ3) is 4.37. The molecule has 0 saturated carbocycles. The first-order valence-electron chi connectivity index (χ1n) is 10.7. The Morgan fingerprint density at radius 3 is 2.60 bits per heavy atom. The number of amides is 1. The number of aromatic nitrogens is 5. The molecule has 0 aliphatic heterocycles. The van der Waals surface area contributed by atoms with Crippen molar-refractivity contribution in [2.45, 2.75) is 19.6 Å². The van der Waals surface area contributed by atoms with Gasteiger partial charge in [0.2, 0.25) is 0 Å². The monoisotopic (exact) mass is 476 g/mol. The molecule has 2 aromatic carbocycles. The number of alkyl halides is 3. The second kappa shape index (κ2) is 8.71. The van der Waals surface area contributed by atoms with Crippen LogP contribution in [0.1, 0.15) is 27.2 Å². The molecular formula is C25H19F3N6O. The molecule has 35 heavy (non-hydrogen) atoms. The molecule has 0 saturated heterocycles. The molecule has 0 radical (unpaired) electrons. The van der Waals surface area contributed by atoms with Crippen molar-refractivity contribution in [3.8, 4) is 11.5 Å². The molecule has 176 valence electrons. The second-order valence-corrected chi connectivity index (χ2v) is 7.91. The molecule has 10 heteroatoms. The van der Waals surface area contributed by atoms with E-state index in [0.29, 0.717) is 11.5 Å². The van der Waals surface area contributed by atoms with Gasteiger partial charge in [-0.15, -0.1) is 0 Å². The Hall–Kier alpha value is -4.47. The van der Waals surface area contributed by atoms with Gasteiger partial charge >= 0.3 is 6.18 Å². The van der Waals surface area contributed by atoms with E-state index in [4.69, 9.17) is 0 Å². The van der Waals surface area contributed by atoms with E-state index in [1.165, 1.54) is 23.0 Å². The molecule has 7 nitrogen and oxygen atoms in total. The first-order chi connectivity index (χ1) is 16.8. The zero-order valence-electron chi connectivity index (χ0n) is 18.5. The zero-order chi connectivity index (χ0) is 24.6. The summed E-state index contributed by atoms with van der Waals surface area (Å²) < 4.78 is 42.3. The predicted octanol–water partition coefficient (Wildman–Crippen LogP) is 4.86. The van der Waals surface area contributed by atoms with Crippen molar-refractivity contribution in [1.29, 1.82) is 0 Å². The van der Waals surface area contributed by atoms with Gasteiger partial charge in [-0.05, 0) is 48.9 Å². The minimum Gasteiger partial charge on any atom is -0.348 e. The normalized spacial score (nSPS) is 11.7. The Morgan fingerprint density at radius 2 is 1.83 bits per heavy atom. The molecule has 0 fully saturated rings. The summed E-state index contributed by atoms with van der Waals surface area (Å²) in [4.78, 5) is 21.6. The molecule has 1 N–H and O–H groups in total. The lowest BCUT2D eigenvalue weighted by molar-refractivity contribution is -0.137. The van der Waals surface area contributed by atoms with Crippen LogP contribution in [0.3, 0.4) is 0 Å². The fraction of sp³-hybridized carbons (Fsp3) is 0.120. The number of para-hydroxylation sites is 2. The van der Waals surface area contributed by atoms with Crippen molar-refractivity contribution < 1.29 is 18.0 Å². The van der Waals surface area contributed by atoms with Gasteiger partial charge in [-0.1, -0.05) is 24.3 Å². The Balaban J connectivity index is 1.29. The number of pyridine rings is 1. The van der Waals surface area contributed by atoms with Gasteiger partial charge in [0.05, 0.1) is 39.7 Å². The van der Waals surface area contributed by atoms with Crippen molar-refractivity contribution in [3.05, 3.63) is 102 Å². The molecular weight excluding hydrogens is 457 g/mol. The SMILES string of the molecule is Cc1c(C(=O)NCc2ccc(-n3cnc4ccccc43)nc2)cnn1-c1cccc(C(F)(F)F)c1. The molecule has 5 aromatic rings. The molecule has 0 atom stereocenters. The largest absolute Gasteiger partial charge is 0.416 e.